The first-order valence-corrected chi connectivity index (χ1v) is 24.3. The standard InChI is InChI=1S/C68H44N2O/c1-2-21-54-50(16-1)44-63(58-24-4-3-23-57(54)58)46-36-40-52(41-37-46)69(51-38-34-45(35-39-51)56-28-15-29-62-61-27-8-12-33-67(61)71-68(56)62)53-20-14-18-48(43-53)47-17-13-19-49(42-47)55-22-5-9-30-64(55)70-65-31-10-6-25-59(65)60-26-7-11-32-66(60)70/h1-44H. The molecule has 14 rings (SSSR count). The third-order valence-electron chi connectivity index (χ3n) is 14.4. The molecule has 0 aliphatic heterocycles. The monoisotopic (exact) mass is 904 g/mol. The SMILES string of the molecule is c1cc(-c2cccc(N(c3ccc(-c4cc5ccccc5c5ccccc45)cc3)c3ccc(-c4cccc5c4oc4ccccc45)cc3)c2)cc(-c2ccccc2-n2c3ccccc3c3ccccc32)c1. The van der Waals surface area contributed by atoms with E-state index in [4.69, 9.17) is 4.42 Å². The maximum atomic E-state index is 6.49. The molecule has 0 radical (unpaired) electrons. The minimum atomic E-state index is 0.899. The first kappa shape index (κ1) is 40.6. The van der Waals surface area contributed by atoms with Crippen molar-refractivity contribution in [1.29, 1.82) is 0 Å². The number of anilines is 3. The van der Waals surface area contributed by atoms with Gasteiger partial charge in [0.2, 0.25) is 0 Å². The Hall–Kier alpha value is -9.44. The average Bonchev–Trinajstić information content (AvgIpc) is 4.00. The molecule has 332 valence electrons. The summed E-state index contributed by atoms with van der Waals surface area (Å²) in [5.41, 5.74) is 17.7. The molecule has 2 heterocycles. The van der Waals surface area contributed by atoms with Gasteiger partial charge in [-0.25, -0.2) is 0 Å². The van der Waals surface area contributed by atoms with Crippen LogP contribution in [0, 0.1) is 0 Å². The van der Waals surface area contributed by atoms with Crippen LogP contribution in [0.3, 0.4) is 0 Å². The highest BCUT2D eigenvalue weighted by atomic mass is 16.3. The van der Waals surface area contributed by atoms with E-state index >= 15 is 0 Å². The van der Waals surface area contributed by atoms with Crippen molar-refractivity contribution in [2.24, 2.45) is 0 Å². The predicted octanol–water partition coefficient (Wildman–Crippen LogP) is 19.1. The van der Waals surface area contributed by atoms with Crippen molar-refractivity contribution in [2.45, 2.75) is 0 Å². The summed E-state index contributed by atoms with van der Waals surface area (Å²) in [6, 6.07) is 96.7. The number of rotatable bonds is 8. The van der Waals surface area contributed by atoms with E-state index in [2.05, 4.69) is 264 Å². The van der Waals surface area contributed by atoms with E-state index in [1.165, 1.54) is 60.0 Å². The van der Waals surface area contributed by atoms with E-state index in [1.807, 2.05) is 12.1 Å². The normalized spacial score (nSPS) is 11.7. The fraction of sp³-hybridized carbons (Fsp3) is 0. The second kappa shape index (κ2) is 16.7. The van der Waals surface area contributed by atoms with Crippen LogP contribution in [0.2, 0.25) is 0 Å². The number of fused-ring (bicyclic) bond motifs is 9. The molecule has 0 aliphatic rings. The van der Waals surface area contributed by atoms with Crippen LogP contribution in [0.4, 0.5) is 17.1 Å². The highest BCUT2D eigenvalue weighted by molar-refractivity contribution is 6.14. The molecule has 12 aromatic carbocycles. The fourth-order valence-electron chi connectivity index (χ4n) is 11.1. The van der Waals surface area contributed by atoms with Gasteiger partial charge in [0.1, 0.15) is 11.2 Å². The van der Waals surface area contributed by atoms with Gasteiger partial charge in [0.05, 0.1) is 16.7 Å². The summed E-state index contributed by atoms with van der Waals surface area (Å²) in [5.74, 6) is 0. The zero-order valence-electron chi connectivity index (χ0n) is 38.7. The van der Waals surface area contributed by atoms with Crippen molar-refractivity contribution in [1.82, 2.24) is 4.57 Å². The van der Waals surface area contributed by atoms with Crippen molar-refractivity contribution in [2.75, 3.05) is 4.90 Å². The van der Waals surface area contributed by atoms with Gasteiger partial charge >= 0.3 is 0 Å². The van der Waals surface area contributed by atoms with Gasteiger partial charge in [0.15, 0.2) is 0 Å². The van der Waals surface area contributed by atoms with Gasteiger partial charge in [-0.2, -0.15) is 0 Å². The largest absolute Gasteiger partial charge is 0.455 e. The number of furan rings is 1. The van der Waals surface area contributed by atoms with Crippen molar-refractivity contribution >= 4 is 82.4 Å². The van der Waals surface area contributed by atoms with E-state index in [0.29, 0.717) is 0 Å². The molecule has 3 heteroatoms. The Labute approximate surface area is 411 Å². The van der Waals surface area contributed by atoms with Gasteiger partial charge in [-0.15, -0.1) is 0 Å². The lowest BCUT2D eigenvalue weighted by Crippen LogP contribution is -2.10. The molecule has 0 fully saturated rings. The van der Waals surface area contributed by atoms with Gasteiger partial charge in [-0.05, 0) is 128 Å². The van der Waals surface area contributed by atoms with Gasteiger partial charge in [0.25, 0.3) is 0 Å². The molecule has 0 amide bonds. The smallest absolute Gasteiger partial charge is 0.143 e. The Morgan fingerprint density at radius 3 is 1.55 bits per heavy atom. The first-order chi connectivity index (χ1) is 35.2. The Morgan fingerprint density at radius 1 is 0.282 bits per heavy atom. The summed E-state index contributed by atoms with van der Waals surface area (Å²) >= 11 is 0. The summed E-state index contributed by atoms with van der Waals surface area (Å²) in [7, 11) is 0. The molecule has 0 unspecified atom stereocenters. The van der Waals surface area contributed by atoms with E-state index in [9.17, 15) is 0 Å². The van der Waals surface area contributed by atoms with E-state index in [-0.39, 0.29) is 0 Å². The molecule has 0 saturated carbocycles. The lowest BCUT2D eigenvalue weighted by molar-refractivity contribution is 0.670. The van der Waals surface area contributed by atoms with Crippen molar-refractivity contribution in [3.8, 4) is 50.2 Å². The topological polar surface area (TPSA) is 21.3 Å². The van der Waals surface area contributed by atoms with Crippen molar-refractivity contribution < 1.29 is 4.42 Å². The summed E-state index contributed by atoms with van der Waals surface area (Å²) in [4.78, 5) is 2.37. The number of hydrogen-bond donors (Lipinski definition) is 0. The van der Waals surface area contributed by atoms with Gasteiger partial charge < -0.3 is 13.9 Å². The van der Waals surface area contributed by atoms with E-state index in [1.54, 1.807) is 0 Å². The molecule has 71 heavy (non-hydrogen) atoms. The highest BCUT2D eigenvalue weighted by Gasteiger charge is 2.19. The van der Waals surface area contributed by atoms with Crippen LogP contribution in [-0.4, -0.2) is 4.57 Å². The highest BCUT2D eigenvalue weighted by Crippen LogP contribution is 2.43. The molecule has 2 aromatic heterocycles. The van der Waals surface area contributed by atoms with Crippen LogP contribution in [0.5, 0.6) is 0 Å². The Balaban J connectivity index is 0.879. The minimum Gasteiger partial charge on any atom is -0.455 e. The van der Waals surface area contributed by atoms with E-state index in [0.717, 1.165) is 72.5 Å². The second-order valence-electron chi connectivity index (χ2n) is 18.4. The van der Waals surface area contributed by atoms with Crippen LogP contribution < -0.4 is 4.90 Å². The minimum absolute atomic E-state index is 0.899. The quantitative estimate of drug-likeness (QED) is 0.142. The number of aromatic nitrogens is 1. The Morgan fingerprint density at radius 2 is 0.803 bits per heavy atom. The van der Waals surface area contributed by atoms with Crippen LogP contribution in [-0.2, 0) is 0 Å². The number of para-hydroxylation sites is 5. The van der Waals surface area contributed by atoms with E-state index < -0.39 is 0 Å². The third-order valence-corrected chi connectivity index (χ3v) is 14.4. The molecule has 14 aromatic rings. The van der Waals surface area contributed by atoms with Gasteiger partial charge in [0, 0.05) is 49.7 Å². The van der Waals surface area contributed by atoms with Crippen LogP contribution in [0.1, 0.15) is 0 Å². The van der Waals surface area contributed by atoms with Crippen molar-refractivity contribution in [3.05, 3.63) is 267 Å². The lowest BCUT2D eigenvalue weighted by Gasteiger charge is -2.26. The van der Waals surface area contributed by atoms with Gasteiger partial charge in [-0.1, -0.05) is 194 Å². The summed E-state index contributed by atoms with van der Waals surface area (Å²) in [5, 5.41) is 9.78. The third kappa shape index (κ3) is 6.82. The summed E-state index contributed by atoms with van der Waals surface area (Å²) < 4.78 is 8.91. The Kier molecular flexibility index (Phi) is 9.53. The summed E-state index contributed by atoms with van der Waals surface area (Å²) in [6.45, 7) is 0. The fourth-order valence-corrected chi connectivity index (χ4v) is 11.1. The number of hydrogen-bond acceptors (Lipinski definition) is 2. The first-order valence-electron chi connectivity index (χ1n) is 24.3. The maximum Gasteiger partial charge on any atom is 0.143 e. The zero-order chi connectivity index (χ0) is 46.8. The molecule has 0 aliphatic carbocycles. The molecule has 0 saturated heterocycles. The number of nitrogens with zero attached hydrogens (tertiary/aromatic N) is 2. The molecule has 0 bridgehead atoms. The van der Waals surface area contributed by atoms with Gasteiger partial charge in [-0.3, -0.25) is 0 Å². The average molecular weight is 905 g/mol. The van der Waals surface area contributed by atoms with Crippen LogP contribution >= 0.6 is 0 Å². The molecule has 0 N–H and O–H groups in total. The van der Waals surface area contributed by atoms with Crippen LogP contribution in [0.15, 0.2) is 271 Å². The lowest BCUT2D eigenvalue weighted by atomic mass is 9.93. The molecular formula is C68H44N2O. The molecule has 3 nitrogen and oxygen atoms in total. The summed E-state index contributed by atoms with van der Waals surface area (Å²) in [6.07, 6.45) is 0. The Bertz CT molecular complexity index is 4290. The van der Waals surface area contributed by atoms with Crippen molar-refractivity contribution in [3.63, 3.8) is 0 Å². The van der Waals surface area contributed by atoms with Crippen LogP contribution in [0.25, 0.3) is 115 Å². The molecule has 0 atom stereocenters. The predicted molar refractivity (Wildman–Crippen MR) is 299 cm³/mol. The maximum absolute atomic E-state index is 6.49. The number of benzene rings is 12. The molecular weight excluding hydrogens is 861 g/mol. The zero-order valence-corrected chi connectivity index (χ0v) is 38.7. The molecule has 0 spiro atoms. The second-order valence-corrected chi connectivity index (χ2v) is 18.4.